The number of benzene rings is 1. The average Bonchev–Trinajstić information content (AvgIpc) is 3.20. The maximum atomic E-state index is 13.0. The van der Waals surface area contributed by atoms with Gasteiger partial charge in [-0.1, -0.05) is 45.0 Å². The molecule has 3 aromatic rings. The van der Waals surface area contributed by atoms with Gasteiger partial charge < -0.3 is 14.8 Å². The summed E-state index contributed by atoms with van der Waals surface area (Å²) in [5.74, 6) is 0.779. The minimum Gasteiger partial charge on any atom is -0.493 e. The second-order valence-electron chi connectivity index (χ2n) is 7.91. The van der Waals surface area contributed by atoms with Crippen LogP contribution in [0, 0.1) is 0 Å². The van der Waals surface area contributed by atoms with Crippen molar-refractivity contribution in [3.63, 3.8) is 0 Å². The highest BCUT2D eigenvalue weighted by Gasteiger charge is 2.24. The third-order valence-corrected chi connectivity index (χ3v) is 5.16. The Morgan fingerprint density at radius 3 is 2.42 bits per heavy atom. The SMILES string of the molecule is CCC(=O)Oc1c(OC)ccnc1C(=O)N[C@@H](C)c1nc(-c2ccc(C(C)C)cc2)n(C)n1. The van der Waals surface area contributed by atoms with Gasteiger partial charge >= 0.3 is 5.97 Å². The molecule has 2 heterocycles. The number of nitrogens with one attached hydrogen (secondary N) is 1. The molecule has 3 rings (SSSR count). The zero-order chi connectivity index (χ0) is 24.1. The quantitative estimate of drug-likeness (QED) is 0.519. The fourth-order valence-corrected chi connectivity index (χ4v) is 3.22. The van der Waals surface area contributed by atoms with Crippen molar-refractivity contribution in [3.05, 3.63) is 53.6 Å². The number of ether oxygens (including phenoxy) is 2. The lowest BCUT2D eigenvalue weighted by Crippen LogP contribution is -2.29. The van der Waals surface area contributed by atoms with Crippen molar-refractivity contribution in [3.8, 4) is 22.9 Å². The third-order valence-electron chi connectivity index (χ3n) is 5.16. The van der Waals surface area contributed by atoms with Gasteiger partial charge in [-0.15, -0.1) is 0 Å². The van der Waals surface area contributed by atoms with Gasteiger partial charge in [-0.05, 0) is 18.4 Å². The molecule has 1 amide bonds. The number of hydrogen-bond acceptors (Lipinski definition) is 7. The van der Waals surface area contributed by atoms with Crippen LogP contribution in [0.25, 0.3) is 11.4 Å². The van der Waals surface area contributed by atoms with E-state index in [-0.39, 0.29) is 23.6 Å². The van der Waals surface area contributed by atoms with E-state index >= 15 is 0 Å². The molecule has 33 heavy (non-hydrogen) atoms. The van der Waals surface area contributed by atoms with Gasteiger partial charge in [-0.3, -0.25) is 9.59 Å². The first kappa shape index (κ1) is 23.9. The summed E-state index contributed by atoms with van der Waals surface area (Å²) in [6.45, 7) is 7.72. The molecule has 0 unspecified atom stereocenters. The second-order valence-corrected chi connectivity index (χ2v) is 7.91. The molecule has 0 saturated heterocycles. The summed E-state index contributed by atoms with van der Waals surface area (Å²) in [7, 11) is 3.23. The highest BCUT2D eigenvalue weighted by atomic mass is 16.6. The number of amides is 1. The smallest absolute Gasteiger partial charge is 0.311 e. The Bertz CT molecular complexity index is 1140. The number of aryl methyl sites for hydroxylation is 1. The minimum atomic E-state index is -0.532. The van der Waals surface area contributed by atoms with Crippen LogP contribution in [0.1, 0.15) is 68.0 Å². The van der Waals surface area contributed by atoms with Crippen molar-refractivity contribution >= 4 is 11.9 Å². The molecule has 0 bridgehead atoms. The van der Waals surface area contributed by atoms with Gasteiger partial charge in [0.25, 0.3) is 5.91 Å². The van der Waals surface area contributed by atoms with Crippen LogP contribution in [0.3, 0.4) is 0 Å². The number of methoxy groups -OCH3 is 1. The number of pyridine rings is 1. The summed E-state index contributed by atoms with van der Waals surface area (Å²) in [4.78, 5) is 33.5. The highest BCUT2D eigenvalue weighted by molar-refractivity contribution is 5.96. The fourth-order valence-electron chi connectivity index (χ4n) is 3.22. The summed E-state index contributed by atoms with van der Waals surface area (Å²) in [5.41, 5.74) is 2.12. The molecule has 0 aliphatic heterocycles. The monoisotopic (exact) mass is 451 g/mol. The summed E-state index contributed by atoms with van der Waals surface area (Å²) in [5, 5.41) is 7.29. The molecule has 2 aromatic heterocycles. The molecule has 0 saturated carbocycles. The first-order valence-electron chi connectivity index (χ1n) is 10.8. The molecular weight excluding hydrogens is 422 g/mol. The number of carbonyl (C=O) groups excluding carboxylic acids is 2. The van der Waals surface area contributed by atoms with Crippen LogP contribution < -0.4 is 14.8 Å². The lowest BCUT2D eigenvalue weighted by molar-refractivity contribution is -0.134. The van der Waals surface area contributed by atoms with E-state index in [0.29, 0.717) is 17.6 Å². The van der Waals surface area contributed by atoms with Crippen molar-refractivity contribution in [2.24, 2.45) is 7.05 Å². The van der Waals surface area contributed by atoms with Crippen molar-refractivity contribution < 1.29 is 19.1 Å². The predicted octanol–water partition coefficient (Wildman–Crippen LogP) is 3.82. The summed E-state index contributed by atoms with van der Waals surface area (Å²) >= 11 is 0. The first-order valence-corrected chi connectivity index (χ1v) is 10.8. The lowest BCUT2D eigenvalue weighted by Gasteiger charge is -2.14. The normalized spacial score (nSPS) is 11.8. The molecular formula is C24H29N5O4. The second kappa shape index (κ2) is 10.2. The summed E-state index contributed by atoms with van der Waals surface area (Å²) < 4.78 is 12.2. The summed E-state index contributed by atoms with van der Waals surface area (Å²) in [6.07, 6.45) is 1.56. The van der Waals surface area contributed by atoms with Gasteiger partial charge in [-0.25, -0.2) is 14.6 Å². The Labute approximate surface area is 193 Å². The van der Waals surface area contributed by atoms with E-state index in [1.807, 2.05) is 19.2 Å². The molecule has 1 aromatic carbocycles. The number of nitrogens with zero attached hydrogens (tertiary/aromatic N) is 4. The molecule has 9 nitrogen and oxygen atoms in total. The molecule has 0 spiro atoms. The zero-order valence-corrected chi connectivity index (χ0v) is 19.7. The van der Waals surface area contributed by atoms with E-state index in [2.05, 4.69) is 46.4 Å². The van der Waals surface area contributed by atoms with Crippen LogP contribution in [0.2, 0.25) is 0 Å². The Balaban J connectivity index is 1.82. The average molecular weight is 452 g/mol. The Morgan fingerprint density at radius 2 is 1.82 bits per heavy atom. The molecule has 0 fully saturated rings. The number of hydrogen-bond donors (Lipinski definition) is 1. The van der Waals surface area contributed by atoms with Crippen molar-refractivity contribution in [2.45, 2.75) is 46.1 Å². The maximum Gasteiger partial charge on any atom is 0.311 e. The molecule has 1 N–H and O–H groups in total. The van der Waals surface area contributed by atoms with Gasteiger partial charge in [-0.2, -0.15) is 5.10 Å². The van der Waals surface area contributed by atoms with Crippen molar-refractivity contribution in [1.29, 1.82) is 0 Å². The Morgan fingerprint density at radius 1 is 1.12 bits per heavy atom. The van der Waals surface area contributed by atoms with Gasteiger partial charge in [0, 0.05) is 31.3 Å². The lowest BCUT2D eigenvalue weighted by atomic mass is 10.0. The largest absolute Gasteiger partial charge is 0.493 e. The molecule has 9 heteroatoms. The number of aromatic nitrogens is 4. The number of esters is 1. The molecule has 1 atom stereocenters. The van der Waals surface area contributed by atoms with Gasteiger partial charge in [0.1, 0.15) is 0 Å². The molecule has 0 aliphatic rings. The van der Waals surface area contributed by atoms with E-state index in [1.54, 1.807) is 18.5 Å². The van der Waals surface area contributed by atoms with Crippen molar-refractivity contribution in [1.82, 2.24) is 25.1 Å². The van der Waals surface area contributed by atoms with E-state index < -0.39 is 17.9 Å². The van der Waals surface area contributed by atoms with E-state index in [1.165, 1.54) is 24.9 Å². The van der Waals surface area contributed by atoms with Crippen LogP contribution in [0.15, 0.2) is 36.5 Å². The van der Waals surface area contributed by atoms with Crippen LogP contribution in [0.4, 0.5) is 0 Å². The van der Waals surface area contributed by atoms with Crippen LogP contribution in [0.5, 0.6) is 11.5 Å². The van der Waals surface area contributed by atoms with Gasteiger partial charge in [0.2, 0.25) is 5.75 Å². The van der Waals surface area contributed by atoms with Crippen LogP contribution in [-0.4, -0.2) is 38.7 Å². The Hall–Kier alpha value is -3.75. The standard InChI is InChI=1S/C24H29N5O4/c1-7-19(30)33-21-18(32-6)12-13-25-20(21)24(31)26-15(4)22-27-23(29(5)28-22)17-10-8-16(9-11-17)14(2)3/h8-15H,7H2,1-6H3,(H,26,31)/t15-/m0/s1. The molecule has 0 aliphatic carbocycles. The highest BCUT2D eigenvalue weighted by Crippen LogP contribution is 2.30. The third kappa shape index (κ3) is 5.36. The number of rotatable bonds is 8. The molecule has 0 radical (unpaired) electrons. The van der Waals surface area contributed by atoms with E-state index in [4.69, 9.17) is 9.47 Å². The first-order chi connectivity index (χ1) is 15.7. The van der Waals surface area contributed by atoms with E-state index in [0.717, 1.165) is 5.56 Å². The van der Waals surface area contributed by atoms with Crippen molar-refractivity contribution in [2.75, 3.05) is 7.11 Å². The molecule has 174 valence electrons. The zero-order valence-electron chi connectivity index (χ0n) is 19.7. The minimum absolute atomic E-state index is 0.0172. The Kier molecular flexibility index (Phi) is 7.42. The fraction of sp³-hybridized carbons (Fsp3) is 0.375. The summed E-state index contributed by atoms with van der Waals surface area (Å²) in [6, 6.07) is 9.19. The topological polar surface area (TPSA) is 108 Å². The van der Waals surface area contributed by atoms with Gasteiger partial charge in [0.15, 0.2) is 23.1 Å². The van der Waals surface area contributed by atoms with Crippen LogP contribution in [-0.2, 0) is 11.8 Å². The predicted molar refractivity (Wildman–Crippen MR) is 123 cm³/mol. The maximum absolute atomic E-state index is 13.0. The van der Waals surface area contributed by atoms with Gasteiger partial charge in [0.05, 0.1) is 13.2 Å². The number of carbonyl (C=O) groups is 2. The van der Waals surface area contributed by atoms with E-state index in [9.17, 15) is 9.59 Å². The van der Waals surface area contributed by atoms with Crippen LogP contribution >= 0.6 is 0 Å².